The molecule has 2 N–H and O–H groups in total. The maximum absolute atomic E-state index is 11.8. The van der Waals surface area contributed by atoms with Gasteiger partial charge < -0.3 is 5.11 Å². The average Bonchev–Trinajstić information content (AvgIpc) is 2.48. The van der Waals surface area contributed by atoms with Crippen LogP contribution in [-0.4, -0.2) is 22.2 Å². The molecule has 1 amide bonds. The number of nitrogens with zero attached hydrogens (tertiary/aromatic N) is 2. The smallest absolute Gasteiger partial charge is 0.288 e. The zero-order chi connectivity index (χ0) is 16.1. The molecule has 0 spiro atoms. The summed E-state index contributed by atoms with van der Waals surface area (Å²) in [6, 6.07) is 9.91. The molecule has 0 bridgehead atoms. The summed E-state index contributed by atoms with van der Waals surface area (Å²) in [4.78, 5) is 21.9. The lowest BCUT2D eigenvalue weighted by molar-refractivity contribution is -0.384. The summed E-state index contributed by atoms with van der Waals surface area (Å²) < 4.78 is 0. The molecular formula is C14H10ClN3O4. The summed E-state index contributed by atoms with van der Waals surface area (Å²) in [5, 5.41) is 23.8. The van der Waals surface area contributed by atoms with Crippen LogP contribution in [0, 0.1) is 10.1 Å². The van der Waals surface area contributed by atoms with E-state index in [4.69, 9.17) is 11.6 Å². The second-order valence-corrected chi connectivity index (χ2v) is 4.62. The third-order valence-electron chi connectivity index (χ3n) is 2.65. The Balaban J connectivity index is 2.08. The Morgan fingerprint density at radius 2 is 2.09 bits per heavy atom. The fourth-order valence-electron chi connectivity index (χ4n) is 1.63. The number of halogens is 1. The van der Waals surface area contributed by atoms with Gasteiger partial charge in [-0.2, -0.15) is 5.10 Å². The van der Waals surface area contributed by atoms with Crippen LogP contribution in [-0.2, 0) is 0 Å². The van der Waals surface area contributed by atoms with E-state index in [1.54, 1.807) is 0 Å². The van der Waals surface area contributed by atoms with Crippen molar-refractivity contribution in [1.29, 1.82) is 0 Å². The van der Waals surface area contributed by atoms with Gasteiger partial charge in [-0.15, -0.1) is 0 Å². The van der Waals surface area contributed by atoms with E-state index in [0.717, 1.165) is 0 Å². The number of nitro groups is 1. The van der Waals surface area contributed by atoms with E-state index >= 15 is 0 Å². The minimum absolute atomic E-state index is 0.0194. The first-order chi connectivity index (χ1) is 10.5. The first-order valence-corrected chi connectivity index (χ1v) is 6.41. The second kappa shape index (κ2) is 6.68. The zero-order valence-electron chi connectivity index (χ0n) is 11.1. The Hall–Kier alpha value is -2.93. The standard InChI is InChI=1S/C14H10ClN3O4/c15-12-5-4-9(6-13(12)18(21)22)8-16-17-14(20)10-2-1-3-11(19)7-10/h1-8,19H,(H,17,20). The highest BCUT2D eigenvalue weighted by atomic mass is 35.5. The normalized spacial score (nSPS) is 10.6. The van der Waals surface area contributed by atoms with Crippen LogP contribution in [0.25, 0.3) is 0 Å². The molecule has 2 rings (SSSR count). The SMILES string of the molecule is O=C(NN=Cc1ccc(Cl)c([N+](=O)[O-])c1)c1cccc(O)c1. The Labute approximate surface area is 130 Å². The summed E-state index contributed by atoms with van der Waals surface area (Å²) >= 11 is 5.69. The first kappa shape index (κ1) is 15.5. The molecule has 0 aliphatic heterocycles. The van der Waals surface area contributed by atoms with Gasteiger partial charge in [-0.05, 0) is 24.3 Å². The summed E-state index contributed by atoms with van der Waals surface area (Å²) in [5.41, 5.74) is 2.65. The van der Waals surface area contributed by atoms with Crippen molar-refractivity contribution in [2.45, 2.75) is 0 Å². The number of benzene rings is 2. The van der Waals surface area contributed by atoms with Crippen molar-refractivity contribution in [2.75, 3.05) is 0 Å². The molecule has 22 heavy (non-hydrogen) atoms. The van der Waals surface area contributed by atoms with E-state index in [-0.39, 0.29) is 22.0 Å². The highest BCUT2D eigenvalue weighted by Crippen LogP contribution is 2.24. The van der Waals surface area contributed by atoms with Gasteiger partial charge in [0.15, 0.2) is 0 Å². The number of carbonyl (C=O) groups excluding carboxylic acids is 1. The van der Waals surface area contributed by atoms with Crippen molar-refractivity contribution in [2.24, 2.45) is 5.10 Å². The number of nitro benzene ring substituents is 1. The van der Waals surface area contributed by atoms with Gasteiger partial charge in [0.1, 0.15) is 10.8 Å². The van der Waals surface area contributed by atoms with Crippen LogP contribution in [0.1, 0.15) is 15.9 Å². The van der Waals surface area contributed by atoms with Gasteiger partial charge in [0.05, 0.1) is 11.1 Å². The largest absolute Gasteiger partial charge is 0.508 e. The molecule has 0 atom stereocenters. The van der Waals surface area contributed by atoms with Gasteiger partial charge in [0.25, 0.3) is 11.6 Å². The molecule has 0 aliphatic carbocycles. The van der Waals surface area contributed by atoms with Crippen LogP contribution in [0.4, 0.5) is 5.69 Å². The van der Waals surface area contributed by atoms with E-state index < -0.39 is 10.8 Å². The van der Waals surface area contributed by atoms with E-state index in [1.165, 1.54) is 48.7 Å². The molecule has 2 aromatic carbocycles. The highest BCUT2D eigenvalue weighted by Gasteiger charge is 2.12. The van der Waals surface area contributed by atoms with Gasteiger partial charge in [-0.3, -0.25) is 14.9 Å². The molecule has 0 aromatic heterocycles. The zero-order valence-corrected chi connectivity index (χ0v) is 11.8. The van der Waals surface area contributed by atoms with Gasteiger partial charge in [0.2, 0.25) is 0 Å². The van der Waals surface area contributed by atoms with E-state index in [2.05, 4.69) is 10.5 Å². The Morgan fingerprint density at radius 1 is 1.32 bits per heavy atom. The van der Waals surface area contributed by atoms with Crippen molar-refractivity contribution in [1.82, 2.24) is 5.43 Å². The van der Waals surface area contributed by atoms with Crippen molar-refractivity contribution >= 4 is 29.4 Å². The highest BCUT2D eigenvalue weighted by molar-refractivity contribution is 6.32. The monoisotopic (exact) mass is 319 g/mol. The molecule has 0 fully saturated rings. The fourth-order valence-corrected chi connectivity index (χ4v) is 1.81. The quantitative estimate of drug-likeness (QED) is 0.513. The maximum atomic E-state index is 11.8. The van der Waals surface area contributed by atoms with Crippen molar-refractivity contribution in [3.05, 3.63) is 68.7 Å². The van der Waals surface area contributed by atoms with Gasteiger partial charge in [-0.1, -0.05) is 23.7 Å². The summed E-state index contributed by atoms with van der Waals surface area (Å²) in [6.45, 7) is 0. The third kappa shape index (κ3) is 3.80. The number of nitrogens with one attached hydrogen (secondary N) is 1. The predicted molar refractivity (Wildman–Crippen MR) is 81.3 cm³/mol. The first-order valence-electron chi connectivity index (χ1n) is 6.04. The van der Waals surface area contributed by atoms with Crippen LogP contribution >= 0.6 is 11.6 Å². The molecule has 0 unspecified atom stereocenters. The van der Waals surface area contributed by atoms with Crippen LogP contribution in [0.3, 0.4) is 0 Å². The van der Waals surface area contributed by atoms with Crippen LogP contribution in [0.5, 0.6) is 5.75 Å². The minimum Gasteiger partial charge on any atom is -0.508 e. The molecule has 0 saturated carbocycles. The Bertz CT molecular complexity index is 762. The van der Waals surface area contributed by atoms with Gasteiger partial charge in [-0.25, -0.2) is 5.43 Å². The summed E-state index contributed by atoms with van der Waals surface area (Å²) in [6.07, 6.45) is 1.25. The molecular weight excluding hydrogens is 310 g/mol. The number of hydrogen-bond acceptors (Lipinski definition) is 5. The molecule has 0 aliphatic rings. The van der Waals surface area contributed by atoms with Crippen LogP contribution in [0.15, 0.2) is 47.6 Å². The van der Waals surface area contributed by atoms with E-state index in [9.17, 15) is 20.0 Å². The minimum atomic E-state index is -0.606. The number of amides is 1. The number of phenols is 1. The summed E-state index contributed by atoms with van der Waals surface area (Å²) in [5.74, 6) is -0.555. The fraction of sp³-hybridized carbons (Fsp3) is 0. The number of carbonyl (C=O) groups is 1. The van der Waals surface area contributed by atoms with E-state index in [0.29, 0.717) is 5.56 Å². The number of aromatic hydroxyl groups is 1. The molecule has 2 aromatic rings. The third-order valence-corrected chi connectivity index (χ3v) is 2.97. The number of rotatable bonds is 4. The lowest BCUT2D eigenvalue weighted by Crippen LogP contribution is -2.17. The van der Waals surface area contributed by atoms with Crippen LogP contribution < -0.4 is 5.43 Å². The lowest BCUT2D eigenvalue weighted by Gasteiger charge is -2.00. The lowest BCUT2D eigenvalue weighted by atomic mass is 10.2. The Kier molecular flexibility index (Phi) is 4.70. The molecule has 0 radical (unpaired) electrons. The summed E-state index contributed by atoms with van der Waals surface area (Å²) in [7, 11) is 0. The van der Waals surface area contributed by atoms with Crippen molar-refractivity contribution in [3.63, 3.8) is 0 Å². The van der Waals surface area contributed by atoms with Crippen molar-refractivity contribution in [3.8, 4) is 5.75 Å². The number of hydrogen-bond donors (Lipinski definition) is 2. The molecule has 0 heterocycles. The van der Waals surface area contributed by atoms with Gasteiger partial charge >= 0.3 is 0 Å². The topological polar surface area (TPSA) is 105 Å². The number of hydrazone groups is 1. The van der Waals surface area contributed by atoms with Crippen LogP contribution in [0.2, 0.25) is 5.02 Å². The number of phenolic OH excluding ortho intramolecular Hbond substituents is 1. The Morgan fingerprint density at radius 3 is 2.77 bits per heavy atom. The molecule has 112 valence electrons. The van der Waals surface area contributed by atoms with E-state index in [1.807, 2.05) is 0 Å². The predicted octanol–water partition coefficient (Wildman–Crippen LogP) is 2.72. The molecule has 0 saturated heterocycles. The molecule has 7 nitrogen and oxygen atoms in total. The van der Waals surface area contributed by atoms with Gasteiger partial charge in [0, 0.05) is 17.2 Å². The average molecular weight is 320 g/mol. The maximum Gasteiger partial charge on any atom is 0.288 e. The van der Waals surface area contributed by atoms with Crippen molar-refractivity contribution < 1.29 is 14.8 Å². The second-order valence-electron chi connectivity index (χ2n) is 4.22. The molecule has 8 heteroatoms.